The van der Waals surface area contributed by atoms with E-state index in [9.17, 15) is 14.7 Å². The third-order valence-electron chi connectivity index (χ3n) is 8.44. The van der Waals surface area contributed by atoms with Gasteiger partial charge in [-0.15, -0.1) is 0 Å². The van der Waals surface area contributed by atoms with Gasteiger partial charge >= 0.3 is 0 Å². The van der Waals surface area contributed by atoms with E-state index in [0.717, 1.165) is 48.6 Å². The number of nitrogen functional groups attached to an aromatic ring is 1. The lowest BCUT2D eigenvalue weighted by Crippen LogP contribution is -2.65. The third kappa shape index (κ3) is 3.86. The van der Waals surface area contributed by atoms with Crippen molar-refractivity contribution in [1.29, 1.82) is 5.41 Å². The molecule has 0 saturated heterocycles. The SMILES string of the molecule is N=C(N)c1ccc2cc(C(=O)NC34CC5CC(CC(O)(C5)C3)C4)n(Cc3ccc(C(N)=O)cc3)c2c1. The van der Waals surface area contributed by atoms with Gasteiger partial charge < -0.3 is 26.5 Å². The fraction of sp³-hybridized carbons (Fsp3) is 0.393. The monoisotopic (exact) mass is 485 g/mol. The van der Waals surface area contributed by atoms with Crippen LogP contribution in [-0.4, -0.2) is 38.5 Å². The molecule has 1 heterocycles. The molecule has 7 N–H and O–H groups in total. The summed E-state index contributed by atoms with van der Waals surface area (Å²) in [6.07, 6.45) is 5.28. The van der Waals surface area contributed by atoms with Crippen LogP contribution in [0.15, 0.2) is 48.5 Å². The number of nitrogens with one attached hydrogen (secondary N) is 2. The minimum Gasteiger partial charge on any atom is -0.390 e. The molecule has 4 fully saturated rings. The van der Waals surface area contributed by atoms with Crippen molar-refractivity contribution in [3.63, 3.8) is 0 Å². The normalized spacial score (nSPS) is 28.4. The van der Waals surface area contributed by atoms with E-state index in [2.05, 4.69) is 5.32 Å². The molecule has 2 atom stereocenters. The van der Waals surface area contributed by atoms with E-state index in [4.69, 9.17) is 16.9 Å². The lowest BCUT2D eigenvalue weighted by molar-refractivity contribution is -0.139. The topological polar surface area (TPSA) is 147 Å². The van der Waals surface area contributed by atoms with Gasteiger partial charge in [0, 0.05) is 34.1 Å². The quantitative estimate of drug-likeness (QED) is 0.270. The predicted octanol–water partition coefficient (Wildman–Crippen LogP) is 2.89. The summed E-state index contributed by atoms with van der Waals surface area (Å²) in [7, 11) is 0. The van der Waals surface area contributed by atoms with Gasteiger partial charge in [0.25, 0.3) is 5.91 Å². The minimum absolute atomic E-state index is 0.0386. The first kappa shape index (κ1) is 22.8. The third-order valence-corrected chi connectivity index (χ3v) is 8.44. The van der Waals surface area contributed by atoms with Crippen LogP contribution < -0.4 is 16.8 Å². The van der Waals surface area contributed by atoms with Crippen molar-refractivity contribution in [2.75, 3.05) is 0 Å². The summed E-state index contributed by atoms with van der Waals surface area (Å²) in [6.45, 7) is 0.398. The maximum absolute atomic E-state index is 13.8. The average Bonchev–Trinajstić information content (AvgIpc) is 3.15. The lowest BCUT2D eigenvalue weighted by Gasteiger charge is -2.60. The molecule has 186 valence electrons. The van der Waals surface area contributed by atoms with E-state index in [0.29, 0.717) is 41.6 Å². The molecule has 8 nitrogen and oxygen atoms in total. The van der Waals surface area contributed by atoms with Gasteiger partial charge in [0.05, 0.1) is 5.60 Å². The van der Waals surface area contributed by atoms with Gasteiger partial charge in [0.15, 0.2) is 0 Å². The highest BCUT2D eigenvalue weighted by Crippen LogP contribution is 2.57. The fourth-order valence-corrected chi connectivity index (χ4v) is 7.40. The number of carbonyl (C=O) groups is 2. The van der Waals surface area contributed by atoms with Crippen molar-refractivity contribution in [3.8, 4) is 0 Å². The zero-order valence-electron chi connectivity index (χ0n) is 20.1. The van der Waals surface area contributed by atoms with Crippen molar-refractivity contribution in [2.45, 2.75) is 56.2 Å². The summed E-state index contributed by atoms with van der Waals surface area (Å²) in [4.78, 5) is 25.3. The molecule has 0 radical (unpaired) electrons. The number of primary amides is 1. The van der Waals surface area contributed by atoms with Gasteiger partial charge in [-0.2, -0.15) is 0 Å². The van der Waals surface area contributed by atoms with E-state index in [1.165, 1.54) is 0 Å². The highest BCUT2D eigenvalue weighted by Gasteiger charge is 2.57. The van der Waals surface area contributed by atoms with Crippen LogP contribution in [0.4, 0.5) is 0 Å². The van der Waals surface area contributed by atoms with Gasteiger partial charge in [-0.05, 0) is 80.2 Å². The number of benzene rings is 2. The molecule has 0 spiro atoms. The first-order valence-electron chi connectivity index (χ1n) is 12.5. The Balaban J connectivity index is 1.38. The number of nitrogens with zero attached hydrogens (tertiary/aromatic N) is 1. The molecule has 4 aliphatic rings. The minimum atomic E-state index is -0.664. The van der Waals surface area contributed by atoms with Gasteiger partial charge in [0.2, 0.25) is 5.91 Å². The molecule has 7 rings (SSSR count). The molecule has 8 heteroatoms. The van der Waals surface area contributed by atoms with E-state index < -0.39 is 11.5 Å². The molecular weight excluding hydrogens is 454 g/mol. The van der Waals surface area contributed by atoms with Crippen molar-refractivity contribution in [2.24, 2.45) is 23.3 Å². The molecule has 4 saturated carbocycles. The summed E-state index contributed by atoms with van der Waals surface area (Å²) in [6, 6.07) is 14.4. The Kier molecular flexibility index (Phi) is 5.02. The van der Waals surface area contributed by atoms with Crippen molar-refractivity contribution in [1.82, 2.24) is 9.88 Å². The average molecular weight is 486 g/mol. The summed E-state index contributed by atoms with van der Waals surface area (Å²) in [5.74, 6) is 0.239. The van der Waals surface area contributed by atoms with Crippen LogP contribution >= 0.6 is 0 Å². The maximum atomic E-state index is 13.8. The molecular formula is C28H31N5O3. The summed E-state index contributed by atoms with van der Waals surface area (Å²) in [5.41, 5.74) is 13.3. The van der Waals surface area contributed by atoms with Crippen LogP contribution in [0, 0.1) is 17.2 Å². The Bertz CT molecular complexity index is 1390. The van der Waals surface area contributed by atoms with Crippen molar-refractivity contribution in [3.05, 3.63) is 70.9 Å². The van der Waals surface area contributed by atoms with Crippen LogP contribution in [-0.2, 0) is 6.54 Å². The number of hydrogen-bond acceptors (Lipinski definition) is 4. The summed E-state index contributed by atoms with van der Waals surface area (Å²) in [5, 5.41) is 23.2. The smallest absolute Gasteiger partial charge is 0.268 e. The Morgan fingerprint density at radius 3 is 2.28 bits per heavy atom. The van der Waals surface area contributed by atoms with Crippen LogP contribution in [0.1, 0.15) is 70.5 Å². The fourth-order valence-electron chi connectivity index (χ4n) is 7.40. The number of amidine groups is 1. The van der Waals surface area contributed by atoms with Gasteiger partial charge in [-0.1, -0.05) is 24.3 Å². The molecule has 2 aromatic carbocycles. The predicted molar refractivity (Wildman–Crippen MR) is 137 cm³/mol. The molecule has 2 amide bonds. The lowest BCUT2D eigenvalue weighted by atomic mass is 9.51. The Morgan fingerprint density at radius 1 is 1.00 bits per heavy atom. The number of aliphatic hydroxyl groups is 1. The number of amides is 2. The number of nitrogens with two attached hydrogens (primary N) is 2. The molecule has 0 aliphatic heterocycles. The second-order valence-corrected chi connectivity index (χ2v) is 11.3. The number of hydrogen-bond donors (Lipinski definition) is 5. The highest BCUT2D eigenvalue weighted by atomic mass is 16.3. The molecule has 4 bridgehead atoms. The van der Waals surface area contributed by atoms with Crippen LogP contribution in [0.3, 0.4) is 0 Å². The van der Waals surface area contributed by atoms with Gasteiger partial charge in [0.1, 0.15) is 11.5 Å². The standard InChI is InChI=1S/C28H31N5O3/c29-24(30)21-6-5-20-8-23(33(22(20)9-21)14-16-1-3-19(4-2-16)25(31)34)26(35)32-27-10-17-7-18(11-27)13-28(36,12-17)15-27/h1-6,8-9,17-18,36H,7,10-15H2,(H3,29,30)(H2,31,34)(H,32,35). The van der Waals surface area contributed by atoms with E-state index in [-0.39, 0.29) is 17.3 Å². The molecule has 4 aliphatic carbocycles. The van der Waals surface area contributed by atoms with Crippen LogP contribution in [0.5, 0.6) is 0 Å². The first-order chi connectivity index (χ1) is 17.1. The molecule has 3 aromatic rings. The first-order valence-corrected chi connectivity index (χ1v) is 12.5. The van der Waals surface area contributed by atoms with E-state index >= 15 is 0 Å². The summed E-state index contributed by atoms with van der Waals surface area (Å²) < 4.78 is 1.94. The molecule has 2 unspecified atom stereocenters. The largest absolute Gasteiger partial charge is 0.390 e. The van der Waals surface area contributed by atoms with Gasteiger partial charge in [-0.3, -0.25) is 15.0 Å². The van der Waals surface area contributed by atoms with Crippen LogP contribution in [0.25, 0.3) is 10.9 Å². The molecule has 36 heavy (non-hydrogen) atoms. The Hall–Kier alpha value is -3.65. The van der Waals surface area contributed by atoms with Crippen molar-refractivity contribution < 1.29 is 14.7 Å². The Morgan fingerprint density at radius 2 is 1.67 bits per heavy atom. The van der Waals surface area contributed by atoms with Gasteiger partial charge in [-0.25, -0.2) is 0 Å². The Labute approximate surface area is 209 Å². The second-order valence-electron chi connectivity index (χ2n) is 11.3. The zero-order chi connectivity index (χ0) is 25.2. The van der Waals surface area contributed by atoms with Crippen LogP contribution in [0.2, 0.25) is 0 Å². The molecule has 1 aromatic heterocycles. The number of fused-ring (bicyclic) bond motifs is 1. The highest BCUT2D eigenvalue weighted by molar-refractivity contribution is 6.02. The number of aromatic nitrogens is 1. The summed E-state index contributed by atoms with van der Waals surface area (Å²) >= 11 is 0. The van der Waals surface area contributed by atoms with E-state index in [1.54, 1.807) is 18.2 Å². The number of carbonyl (C=O) groups excluding carboxylic acids is 2. The van der Waals surface area contributed by atoms with E-state index in [1.807, 2.05) is 34.9 Å². The second kappa shape index (κ2) is 7.93. The number of rotatable bonds is 6. The van der Waals surface area contributed by atoms with Crippen molar-refractivity contribution >= 4 is 28.6 Å². The zero-order valence-corrected chi connectivity index (χ0v) is 20.1. The maximum Gasteiger partial charge on any atom is 0.268 e.